The number of nitrogens with zero attached hydrogens (tertiary/aromatic N) is 3. The van der Waals surface area contributed by atoms with E-state index in [9.17, 15) is 4.79 Å². The number of carbonyl (C=O) groups excluding carboxylic acids is 1. The molecule has 0 saturated heterocycles. The Morgan fingerprint density at radius 2 is 1.79 bits per heavy atom. The van der Waals surface area contributed by atoms with Crippen LogP contribution in [-0.2, 0) is 17.8 Å². The van der Waals surface area contributed by atoms with Gasteiger partial charge in [0.2, 0.25) is 0 Å². The van der Waals surface area contributed by atoms with Crippen LogP contribution in [0.15, 0.2) is 35.7 Å². The van der Waals surface area contributed by atoms with E-state index in [0.29, 0.717) is 6.61 Å². The number of amides is 1. The molecule has 3 aromatic rings. The molecule has 8 nitrogen and oxygen atoms in total. The monoisotopic (exact) mass is 541 g/mol. The second kappa shape index (κ2) is 12.0. The van der Waals surface area contributed by atoms with Gasteiger partial charge in [0.05, 0.1) is 12.8 Å². The van der Waals surface area contributed by atoms with Crippen molar-refractivity contribution in [3.05, 3.63) is 47.0 Å². The Morgan fingerprint density at radius 3 is 2.34 bits per heavy atom. The zero-order valence-electron chi connectivity index (χ0n) is 23.6. The lowest BCUT2D eigenvalue weighted by atomic mass is 9.95. The molecule has 0 saturated carbocycles. The predicted octanol–water partition coefficient (Wildman–Crippen LogP) is 5.35. The highest BCUT2D eigenvalue weighted by Gasteiger charge is 2.32. The van der Waals surface area contributed by atoms with Crippen LogP contribution in [0.1, 0.15) is 43.7 Å². The molecule has 206 valence electrons. The van der Waals surface area contributed by atoms with E-state index in [1.807, 2.05) is 26.0 Å². The Balaban J connectivity index is 0.000000934. The Bertz CT molecular complexity index is 1270. The average Bonchev–Trinajstić information content (AvgIpc) is 3.49. The normalized spacial score (nSPS) is 12.2. The number of carboxylic acid groups (broad SMARTS) is 1. The van der Waals surface area contributed by atoms with Crippen molar-refractivity contribution in [2.75, 3.05) is 41.4 Å². The summed E-state index contributed by atoms with van der Waals surface area (Å²) < 4.78 is 14.0. The minimum Gasteiger partial charge on any atom is -0.493 e. The number of thiophene rings is 1. The number of aliphatic carboxylic acids is 1. The number of fused-ring (bicyclic) bond motifs is 3. The second-order valence-corrected chi connectivity index (χ2v) is 11.5. The van der Waals surface area contributed by atoms with Crippen LogP contribution < -0.4 is 9.47 Å². The van der Waals surface area contributed by atoms with Crippen molar-refractivity contribution in [3.63, 3.8) is 0 Å². The summed E-state index contributed by atoms with van der Waals surface area (Å²) >= 11 is 1.69. The summed E-state index contributed by atoms with van der Waals surface area (Å²) in [6, 6.07) is 10.4. The average molecular weight is 542 g/mol. The fourth-order valence-corrected chi connectivity index (χ4v) is 4.96. The molecule has 1 N–H and O–H groups in total. The van der Waals surface area contributed by atoms with Crippen LogP contribution in [0.5, 0.6) is 11.5 Å². The Morgan fingerprint density at radius 1 is 1.11 bits per heavy atom. The largest absolute Gasteiger partial charge is 0.493 e. The van der Waals surface area contributed by atoms with Gasteiger partial charge in [-0.2, -0.15) is 0 Å². The molecule has 0 atom stereocenters. The molecule has 0 unspecified atom stereocenters. The lowest BCUT2D eigenvalue weighted by Gasteiger charge is -2.32. The smallest absolute Gasteiger partial charge is 0.300 e. The van der Waals surface area contributed by atoms with Gasteiger partial charge >= 0.3 is 0 Å². The summed E-state index contributed by atoms with van der Waals surface area (Å²) in [6.45, 7) is 9.39. The number of aromatic nitrogens is 1. The SMILES string of the molecule is CC(=O)O.COc1cc2c(cc1OCCN(C)C)-c1c(-c3cccs3)cc(C(=O)N(C)C(C)(C)C)n1CC2. The van der Waals surface area contributed by atoms with Crippen molar-refractivity contribution >= 4 is 23.2 Å². The van der Waals surface area contributed by atoms with Crippen LogP contribution in [0.4, 0.5) is 0 Å². The van der Waals surface area contributed by atoms with Crippen molar-refractivity contribution in [3.8, 4) is 33.2 Å². The number of carboxylic acids is 1. The number of benzene rings is 1. The van der Waals surface area contributed by atoms with E-state index in [1.165, 1.54) is 5.56 Å². The maximum atomic E-state index is 13.6. The minimum absolute atomic E-state index is 0.0379. The Labute approximate surface area is 229 Å². The number of likely N-dealkylation sites (N-methyl/N-ethyl adjacent to an activating group) is 1. The number of ether oxygens (including phenoxy) is 2. The highest BCUT2D eigenvalue weighted by molar-refractivity contribution is 7.13. The highest BCUT2D eigenvalue weighted by atomic mass is 32.1. The van der Waals surface area contributed by atoms with Gasteiger partial charge < -0.3 is 28.9 Å². The van der Waals surface area contributed by atoms with Gasteiger partial charge in [0.25, 0.3) is 11.9 Å². The van der Waals surface area contributed by atoms with Crippen molar-refractivity contribution in [2.45, 2.75) is 46.2 Å². The number of carbonyl (C=O) groups is 2. The number of hydrogen-bond donors (Lipinski definition) is 1. The highest BCUT2D eigenvalue weighted by Crippen LogP contribution is 2.45. The molecule has 1 aliphatic rings. The molecule has 9 heteroatoms. The van der Waals surface area contributed by atoms with Gasteiger partial charge in [-0.3, -0.25) is 9.59 Å². The molecule has 1 aromatic carbocycles. The van der Waals surface area contributed by atoms with Crippen LogP contribution in [0, 0.1) is 0 Å². The van der Waals surface area contributed by atoms with Crippen LogP contribution in [-0.4, -0.2) is 78.3 Å². The van der Waals surface area contributed by atoms with Gasteiger partial charge in [-0.25, -0.2) is 0 Å². The van der Waals surface area contributed by atoms with Crippen molar-refractivity contribution in [1.82, 2.24) is 14.4 Å². The van der Waals surface area contributed by atoms with Gasteiger partial charge in [0.15, 0.2) is 11.5 Å². The molecule has 0 aliphatic carbocycles. The van der Waals surface area contributed by atoms with E-state index in [2.05, 4.69) is 66.0 Å². The fraction of sp³-hybridized carbons (Fsp3) is 0.448. The van der Waals surface area contributed by atoms with E-state index in [1.54, 1.807) is 18.4 Å². The molecule has 0 bridgehead atoms. The Kier molecular flexibility index (Phi) is 9.27. The first-order chi connectivity index (χ1) is 17.8. The van der Waals surface area contributed by atoms with Gasteiger partial charge in [-0.1, -0.05) is 6.07 Å². The summed E-state index contributed by atoms with van der Waals surface area (Å²) in [4.78, 5) is 27.7. The molecule has 1 aliphatic heterocycles. The lowest BCUT2D eigenvalue weighted by Crippen LogP contribution is -2.43. The maximum absolute atomic E-state index is 13.6. The quantitative estimate of drug-likeness (QED) is 0.434. The third-order valence-electron chi connectivity index (χ3n) is 6.46. The molecular formula is C29H39N3O5S. The topological polar surface area (TPSA) is 84.2 Å². The van der Waals surface area contributed by atoms with Gasteiger partial charge in [0, 0.05) is 48.6 Å². The summed E-state index contributed by atoms with van der Waals surface area (Å²) in [5.74, 6) is 0.685. The molecular weight excluding hydrogens is 502 g/mol. The summed E-state index contributed by atoms with van der Waals surface area (Å²) in [5.41, 5.74) is 4.95. The first-order valence-corrected chi connectivity index (χ1v) is 13.5. The summed E-state index contributed by atoms with van der Waals surface area (Å²) in [6.07, 6.45) is 0.828. The zero-order chi connectivity index (χ0) is 28.2. The molecule has 0 spiro atoms. The third kappa shape index (κ3) is 6.57. The van der Waals surface area contributed by atoms with E-state index >= 15 is 0 Å². The van der Waals surface area contributed by atoms with E-state index in [4.69, 9.17) is 19.4 Å². The molecule has 0 radical (unpaired) electrons. The number of methoxy groups -OCH3 is 1. The first kappa shape index (κ1) is 29.3. The third-order valence-corrected chi connectivity index (χ3v) is 7.36. The second-order valence-electron chi connectivity index (χ2n) is 10.5. The molecule has 38 heavy (non-hydrogen) atoms. The zero-order valence-corrected chi connectivity index (χ0v) is 24.4. The number of rotatable bonds is 7. The molecule has 3 heterocycles. The fourth-order valence-electron chi connectivity index (χ4n) is 4.22. The predicted molar refractivity (Wildman–Crippen MR) is 153 cm³/mol. The van der Waals surface area contributed by atoms with Crippen LogP contribution in [0.3, 0.4) is 0 Å². The molecule has 4 rings (SSSR count). The van der Waals surface area contributed by atoms with Crippen molar-refractivity contribution < 1.29 is 24.2 Å². The van der Waals surface area contributed by atoms with Crippen LogP contribution in [0.25, 0.3) is 21.7 Å². The molecule has 1 amide bonds. The molecule has 2 aromatic heterocycles. The maximum Gasteiger partial charge on any atom is 0.300 e. The molecule has 0 fully saturated rings. The van der Waals surface area contributed by atoms with E-state index in [0.717, 1.165) is 65.3 Å². The van der Waals surface area contributed by atoms with Crippen molar-refractivity contribution in [2.24, 2.45) is 0 Å². The number of aryl methyl sites for hydroxylation is 1. The number of hydrogen-bond acceptors (Lipinski definition) is 6. The summed E-state index contributed by atoms with van der Waals surface area (Å²) in [5, 5.41) is 9.50. The van der Waals surface area contributed by atoms with E-state index < -0.39 is 5.97 Å². The van der Waals surface area contributed by atoms with Gasteiger partial charge in [-0.15, -0.1) is 11.3 Å². The van der Waals surface area contributed by atoms with Crippen molar-refractivity contribution in [1.29, 1.82) is 0 Å². The van der Waals surface area contributed by atoms with Gasteiger partial charge in [0.1, 0.15) is 12.3 Å². The minimum atomic E-state index is -0.833. The first-order valence-electron chi connectivity index (χ1n) is 12.6. The lowest BCUT2D eigenvalue weighted by molar-refractivity contribution is -0.134. The standard InChI is InChI=1S/C27H35N3O3S.C2H4O2/c1-27(2,3)29(6)26(31)21-16-20(24-9-8-14-34-24)25-19-17-23(33-13-12-28(4)5)22(32-7)15-18(19)10-11-30(21)25;1-2(3)4/h8-9,14-17H,10-13H2,1-7H3;1H3,(H,3,4). The Hall–Kier alpha value is -3.30. The summed E-state index contributed by atoms with van der Waals surface area (Å²) in [7, 11) is 7.62. The van der Waals surface area contributed by atoms with Crippen LogP contribution in [0.2, 0.25) is 0 Å². The van der Waals surface area contributed by atoms with Crippen LogP contribution >= 0.6 is 11.3 Å². The van der Waals surface area contributed by atoms with Gasteiger partial charge in [-0.05, 0) is 76.5 Å². The van der Waals surface area contributed by atoms with E-state index in [-0.39, 0.29) is 11.4 Å².